The molecular formula is C79H154O17P2. The number of carbonyl (C=O) groups excluding carboxylic acids is 4. The fourth-order valence-corrected chi connectivity index (χ4v) is 13.7. The molecule has 17 nitrogen and oxygen atoms in total. The first kappa shape index (κ1) is 96.1. The van der Waals surface area contributed by atoms with Crippen LogP contribution in [-0.2, 0) is 65.4 Å². The van der Waals surface area contributed by atoms with Crippen LogP contribution in [0.5, 0.6) is 0 Å². The zero-order chi connectivity index (χ0) is 72.4. The number of rotatable bonds is 76. The van der Waals surface area contributed by atoms with Gasteiger partial charge in [-0.15, -0.1) is 0 Å². The molecule has 0 spiro atoms. The van der Waals surface area contributed by atoms with Crippen LogP contribution in [0.2, 0.25) is 0 Å². The summed E-state index contributed by atoms with van der Waals surface area (Å²) in [7, 11) is -9.92. The molecular weight excluding hydrogens is 1280 g/mol. The molecule has 3 N–H and O–H groups in total. The molecule has 0 aromatic rings. The van der Waals surface area contributed by atoms with Crippen LogP contribution in [0.4, 0.5) is 0 Å². The molecule has 0 aliphatic heterocycles. The summed E-state index contributed by atoms with van der Waals surface area (Å²) in [5.41, 5.74) is 0. The first-order chi connectivity index (χ1) is 47.1. The Morgan fingerprint density at radius 2 is 0.429 bits per heavy atom. The van der Waals surface area contributed by atoms with Gasteiger partial charge in [0.15, 0.2) is 12.2 Å². The summed E-state index contributed by atoms with van der Waals surface area (Å²) in [4.78, 5) is 72.9. The lowest BCUT2D eigenvalue weighted by atomic mass is 10.0. The lowest BCUT2D eigenvalue weighted by Crippen LogP contribution is -2.30. The van der Waals surface area contributed by atoms with Crippen LogP contribution in [0.3, 0.4) is 0 Å². The van der Waals surface area contributed by atoms with E-state index in [4.69, 9.17) is 37.0 Å². The summed E-state index contributed by atoms with van der Waals surface area (Å²) in [6.07, 6.45) is 54.2. The van der Waals surface area contributed by atoms with Gasteiger partial charge in [-0.1, -0.05) is 351 Å². The number of hydrogen-bond donors (Lipinski definition) is 3. The second kappa shape index (κ2) is 68.2. The van der Waals surface area contributed by atoms with Gasteiger partial charge in [0.05, 0.1) is 26.4 Å². The Hall–Kier alpha value is -1.94. The number of aliphatic hydroxyl groups excluding tert-OH is 1. The number of carbonyl (C=O) groups is 4. The molecule has 0 aromatic carbocycles. The largest absolute Gasteiger partial charge is 0.472 e. The molecule has 0 aliphatic rings. The van der Waals surface area contributed by atoms with Gasteiger partial charge < -0.3 is 33.8 Å². The lowest BCUT2D eigenvalue weighted by molar-refractivity contribution is -0.161. The monoisotopic (exact) mass is 1440 g/mol. The Morgan fingerprint density at radius 1 is 0.255 bits per heavy atom. The van der Waals surface area contributed by atoms with E-state index in [1.165, 1.54) is 199 Å². The fourth-order valence-electron chi connectivity index (χ4n) is 12.1. The van der Waals surface area contributed by atoms with Crippen molar-refractivity contribution in [3.8, 4) is 0 Å². The Kier molecular flexibility index (Phi) is 66.8. The Morgan fingerprint density at radius 3 is 0.633 bits per heavy atom. The van der Waals surface area contributed by atoms with Gasteiger partial charge in [0.1, 0.15) is 19.3 Å². The van der Waals surface area contributed by atoms with E-state index in [0.29, 0.717) is 31.6 Å². The normalized spacial score (nSPS) is 14.1. The minimum absolute atomic E-state index is 0.105. The first-order valence-corrected chi connectivity index (χ1v) is 43.7. The number of esters is 4. The molecule has 98 heavy (non-hydrogen) atoms. The van der Waals surface area contributed by atoms with Crippen LogP contribution >= 0.6 is 15.6 Å². The number of hydrogen-bond acceptors (Lipinski definition) is 15. The number of ether oxygens (including phenoxy) is 4. The maximum atomic E-state index is 13.1. The number of aliphatic hydroxyl groups is 1. The minimum Gasteiger partial charge on any atom is -0.462 e. The number of unbranched alkanes of at least 4 members (excludes halogenated alkanes) is 42. The summed E-state index contributed by atoms with van der Waals surface area (Å²) in [5, 5.41) is 10.6. The molecule has 19 heteroatoms. The molecule has 2 unspecified atom stereocenters. The van der Waals surface area contributed by atoms with Crippen molar-refractivity contribution in [2.45, 2.75) is 420 Å². The van der Waals surface area contributed by atoms with Gasteiger partial charge in [0, 0.05) is 25.7 Å². The standard InChI is InChI=1S/C79H154O17P2/c1-69(2)55-47-39-31-25-19-13-9-11-15-22-28-34-43-51-59-76(81)89-65-74(95-78(83)61-53-45-35-29-23-16-12-10-14-20-26-32-40-48-56-70(3)4)67-93-97(85,86)91-63-73(80)64-92-98(87,88)94-68-75(66-90-77(82)60-52-44-38-37-42-50-58-72(7)8)96-79(84)62-54-46-36-30-24-18-17-21-27-33-41-49-57-71(5)6/h69-75,80H,9-68H2,1-8H3,(H,85,86)(H,87,88)/t73-,74-,75-/m1/s1. The van der Waals surface area contributed by atoms with Crippen LogP contribution < -0.4 is 0 Å². The predicted octanol–water partition coefficient (Wildman–Crippen LogP) is 23.2. The molecule has 0 bridgehead atoms. The van der Waals surface area contributed by atoms with E-state index < -0.39 is 97.5 Å². The Labute approximate surface area is 600 Å². The zero-order valence-electron chi connectivity index (χ0n) is 64.4. The molecule has 0 aliphatic carbocycles. The summed E-state index contributed by atoms with van der Waals surface area (Å²) >= 11 is 0. The molecule has 0 heterocycles. The van der Waals surface area contributed by atoms with E-state index in [2.05, 4.69) is 55.4 Å². The molecule has 0 aromatic heterocycles. The highest BCUT2D eigenvalue weighted by atomic mass is 31.2. The summed E-state index contributed by atoms with van der Waals surface area (Å²) in [5.74, 6) is 0.933. The van der Waals surface area contributed by atoms with Crippen molar-refractivity contribution in [3.63, 3.8) is 0 Å². The van der Waals surface area contributed by atoms with Crippen molar-refractivity contribution in [3.05, 3.63) is 0 Å². The van der Waals surface area contributed by atoms with E-state index in [0.717, 1.165) is 114 Å². The van der Waals surface area contributed by atoms with Gasteiger partial charge in [-0.2, -0.15) is 0 Å². The summed E-state index contributed by atoms with van der Waals surface area (Å²) < 4.78 is 68.6. The van der Waals surface area contributed by atoms with Gasteiger partial charge in [0.25, 0.3) is 0 Å². The van der Waals surface area contributed by atoms with Crippen molar-refractivity contribution >= 4 is 39.5 Å². The summed E-state index contributed by atoms with van der Waals surface area (Å²) in [6.45, 7) is 14.2. The molecule has 0 fully saturated rings. The van der Waals surface area contributed by atoms with Gasteiger partial charge in [-0.25, -0.2) is 9.13 Å². The van der Waals surface area contributed by atoms with Crippen LogP contribution in [0.25, 0.3) is 0 Å². The minimum atomic E-state index is -4.96. The average molecular weight is 1440 g/mol. The molecule has 0 saturated carbocycles. The van der Waals surface area contributed by atoms with Crippen LogP contribution in [-0.4, -0.2) is 96.7 Å². The molecule has 582 valence electrons. The van der Waals surface area contributed by atoms with Crippen LogP contribution in [0.1, 0.15) is 402 Å². The third-order valence-electron chi connectivity index (χ3n) is 18.3. The second-order valence-corrected chi connectivity index (χ2v) is 33.3. The van der Waals surface area contributed by atoms with Gasteiger partial charge in [-0.3, -0.25) is 37.3 Å². The highest BCUT2D eigenvalue weighted by Gasteiger charge is 2.30. The van der Waals surface area contributed by atoms with E-state index in [1.807, 2.05) is 0 Å². The quantitative estimate of drug-likeness (QED) is 0.0222. The third kappa shape index (κ3) is 72.4. The third-order valence-corrected chi connectivity index (χ3v) is 20.2. The van der Waals surface area contributed by atoms with E-state index in [9.17, 15) is 43.2 Å². The maximum Gasteiger partial charge on any atom is 0.472 e. The fraction of sp³-hybridized carbons (Fsp3) is 0.949. The highest BCUT2D eigenvalue weighted by molar-refractivity contribution is 7.47. The van der Waals surface area contributed by atoms with Crippen LogP contribution in [0, 0.1) is 23.7 Å². The zero-order valence-corrected chi connectivity index (χ0v) is 66.2. The maximum absolute atomic E-state index is 13.1. The molecule has 0 amide bonds. The average Bonchev–Trinajstić information content (AvgIpc) is 0.955. The first-order valence-electron chi connectivity index (χ1n) is 40.7. The Bertz CT molecular complexity index is 1920. The van der Waals surface area contributed by atoms with Crippen LogP contribution in [0.15, 0.2) is 0 Å². The van der Waals surface area contributed by atoms with E-state index >= 15 is 0 Å². The van der Waals surface area contributed by atoms with E-state index in [-0.39, 0.29) is 25.7 Å². The molecule has 0 rings (SSSR count). The Balaban J connectivity index is 5.24. The molecule has 0 radical (unpaired) electrons. The van der Waals surface area contributed by atoms with Gasteiger partial charge >= 0.3 is 39.5 Å². The topological polar surface area (TPSA) is 237 Å². The van der Waals surface area contributed by atoms with Crippen molar-refractivity contribution in [1.82, 2.24) is 0 Å². The SMILES string of the molecule is CC(C)CCCCCCCCCCCCCCCCC(=O)OC[C@H](COP(=O)(O)OC[C@@H](O)COP(=O)(O)OC[C@@H](COC(=O)CCCCCCCCC(C)C)OC(=O)CCCCCCCCCCCCCCC(C)C)OC(=O)CCCCCCCCCCCCCCCCC(C)C. The molecule has 5 atom stereocenters. The number of phosphoric ester groups is 2. The van der Waals surface area contributed by atoms with E-state index in [1.54, 1.807) is 0 Å². The highest BCUT2D eigenvalue weighted by Crippen LogP contribution is 2.45. The lowest BCUT2D eigenvalue weighted by Gasteiger charge is -2.21. The smallest absolute Gasteiger partial charge is 0.462 e. The number of phosphoric acid groups is 2. The molecule has 0 saturated heterocycles. The summed E-state index contributed by atoms with van der Waals surface area (Å²) in [6, 6.07) is 0. The predicted molar refractivity (Wildman–Crippen MR) is 400 cm³/mol. The second-order valence-electron chi connectivity index (χ2n) is 30.4. The van der Waals surface area contributed by atoms with Crippen molar-refractivity contribution in [2.75, 3.05) is 39.6 Å². The van der Waals surface area contributed by atoms with Crippen molar-refractivity contribution in [1.29, 1.82) is 0 Å². The van der Waals surface area contributed by atoms with Crippen molar-refractivity contribution < 1.29 is 80.2 Å². The van der Waals surface area contributed by atoms with Crippen molar-refractivity contribution in [2.24, 2.45) is 23.7 Å². The van der Waals surface area contributed by atoms with Gasteiger partial charge in [0.2, 0.25) is 0 Å². The van der Waals surface area contributed by atoms with Gasteiger partial charge in [-0.05, 0) is 49.4 Å².